The first kappa shape index (κ1) is 21.2. The van der Waals surface area contributed by atoms with Crippen molar-refractivity contribution in [2.45, 2.75) is 39.7 Å². The molecule has 0 rings (SSSR count). The van der Waals surface area contributed by atoms with Crippen molar-refractivity contribution in [1.82, 2.24) is 10.6 Å². The second-order valence-electron chi connectivity index (χ2n) is 4.64. The summed E-state index contributed by atoms with van der Waals surface area (Å²) < 4.78 is 10.6. The summed E-state index contributed by atoms with van der Waals surface area (Å²) in [6.45, 7) is 12.0. The Balaban J connectivity index is 0. The Morgan fingerprint density at radius 3 is 2.42 bits per heavy atom. The summed E-state index contributed by atoms with van der Waals surface area (Å²) in [5.74, 6) is 0.833. The van der Waals surface area contributed by atoms with E-state index in [1.165, 1.54) is 0 Å². The van der Waals surface area contributed by atoms with Crippen molar-refractivity contribution >= 4 is 29.9 Å². The number of ether oxygens (including phenoxy) is 2. The fraction of sp³-hybridized carbons (Fsp3) is 0.923. The summed E-state index contributed by atoms with van der Waals surface area (Å²) in [4.78, 5) is 4.50. The van der Waals surface area contributed by atoms with E-state index in [0.717, 1.165) is 38.7 Å². The molecule has 5 nitrogen and oxygen atoms in total. The number of rotatable bonds is 9. The largest absolute Gasteiger partial charge is 0.382 e. The quantitative estimate of drug-likeness (QED) is 0.275. The lowest BCUT2D eigenvalue weighted by Crippen LogP contribution is -2.39. The van der Waals surface area contributed by atoms with Crippen LogP contribution >= 0.6 is 24.0 Å². The molecule has 0 radical (unpaired) electrons. The van der Waals surface area contributed by atoms with Crippen LogP contribution < -0.4 is 10.6 Å². The van der Waals surface area contributed by atoms with Crippen LogP contribution in [0.15, 0.2) is 4.99 Å². The molecule has 0 atom stereocenters. The molecule has 0 spiro atoms. The van der Waals surface area contributed by atoms with Crippen LogP contribution in [0.25, 0.3) is 0 Å². The maximum Gasteiger partial charge on any atom is 0.191 e. The molecule has 0 aliphatic rings. The number of halogens is 1. The number of aliphatic imine (C=N–C) groups is 1. The van der Waals surface area contributed by atoms with Crippen LogP contribution in [0.4, 0.5) is 0 Å². The minimum atomic E-state index is -0.228. The highest BCUT2D eigenvalue weighted by atomic mass is 127. The standard InChI is InChI=1S/C13H29N3O2.HI/c1-6-14-12(15-9-8-10-18-7-2)16-11-13(3,4)17-5;/h6-11H2,1-5H3,(H2,14,15,16);1H. The molecule has 2 N–H and O–H groups in total. The van der Waals surface area contributed by atoms with E-state index in [1.54, 1.807) is 7.11 Å². The molecule has 116 valence electrons. The molecule has 0 aliphatic carbocycles. The Hall–Kier alpha value is -0.0800. The minimum absolute atomic E-state index is 0. The summed E-state index contributed by atoms with van der Waals surface area (Å²) in [5.41, 5.74) is -0.228. The fourth-order valence-electron chi connectivity index (χ4n) is 1.20. The van der Waals surface area contributed by atoms with E-state index in [4.69, 9.17) is 9.47 Å². The molecule has 0 amide bonds. The number of methoxy groups -OCH3 is 1. The van der Waals surface area contributed by atoms with Gasteiger partial charge in [0, 0.05) is 33.4 Å². The normalized spacial score (nSPS) is 11.9. The topological polar surface area (TPSA) is 54.9 Å². The van der Waals surface area contributed by atoms with Crippen LogP contribution in [-0.4, -0.2) is 51.5 Å². The Morgan fingerprint density at radius 2 is 1.89 bits per heavy atom. The Bertz CT molecular complexity index is 236. The fourth-order valence-corrected chi connectivity index (χ4v) is 1.20. The first-order valence-electron chi connectivity index (χ1n) is 6.70. The number of hydrogen-bond acceptors (Lipinski definition) is 3. The monoisotopic (exact) mass is 387 g/mol. The van der Waals surface area contributed by atoms with Gasteiger partial charge in [-0.2, -0.15) is 0 Å². The molecule has 0 heterocycles. The molecule has 0 unspecified atom stereocenters. The highest BCUT2D eigenvalue weighted by molar-refractivity contribution is 14.0. The van der Waals surface area contributed by atoms with Crippen molar-refractivity contribution in [2.75, 3.05) is 40.0 Å². The number of guanidine groups is 1. The molecule has 0 aliphatic heterocycles. The number of nitrogens with zero attached hydrogens (tertiary/aromatic N) is 1. The summed E-state index contributed by atoms with van der Waals surface area (Å²) in [6, 6.07) is 0. The van der Waals surface area contributed by atoms with Gasteiger partial charge in [0.25, 0.3) is 0 Å². The zero-order valence-electron chi connectivity index (χ0n) is 12.9. The van der Waals surface area contributed by atoms with Gasteiger partial charge in [0.1, 0.15) is 0 Å². The van der Waals surface area contributed by atoms with Gasteiger partial charge in [0.05, 0.1) is 12.1 Å². The van der Waals surface area contributed by atoms with E-state index in [1.807, 2.05) is 20.8 Å². The molecular weight excluding hydrogens is 357 g/mol. The average Bonchev–Trinajstić information content (AvgIpc) is 2.35. The summed E-state index contributed by atoms with van der Waals surface area (Å²) >= 11 is 0. The van der Waals surface area contributed by atoms with Crippen molar-refractivity contribution in [1.29, 1.82) is 0 Å². The first-order valence-corrected chi connectivity index (χ1v) is 6.70. The summed E-state index contributed by atoms with van der Waals surface area (Å²) in [7, 11) is 1.71. The molecule has 0 aromatic rings. The lowest BCUT2D eigenvalue weighted by atomic mass is 10.1. The van der Waals surface area contributed by atoms with Gasteiger partial charge < -0.3 is 20.1 Å². The molecule has 0 aromatic heterocycles. The van der Waals surface area contributed by atoms with E-state index in [9.17, 15) is 0 Å². The number of hydrogen-bond donors (Lipinski definition) is 2. The molecular formula is C13H30IN3O2. The van der Waals surface area contributed by atoms with Crippen molar-refractivity contribution in [2.24, 2.45) is 4.99 Å². The predicted octanol–water partition coefficient (Wildman–Crippen LogP) is 2.01. The predicted molar refractivity (Wildman–Crippen MR) is 91.6 cm³/mol. The highest BCUT2D eigenvalue weighted by Gasteiger charge is 2.15. The lowest BCUT2D eigenvalue weighted by Gasteiger charge is -2.21. The molecule has 19 heavy (non-hydrogen) atoms. The maximum atomic E-state index is 5.34. The van der Waals surface area contributed by atoms with E-state index >= 15 is 0 Å². The third-order valence-corrected chi connectivity index (χ3v) is 2.48. The third kappa shape index (κ3) is 12.7. The Morgan fingerprint density at radius 1 is 1.21 bits per heavy atom. The van der Waals surface area contributed by atoms with E-state index in [-0.39, 0.29) is 29.6 Å². The average molecular weight is 387 g/mol. The zero-order chi connectivity index (χ0) is 13.9. The highest BCUT2D eigenvalue weighted by Crippen LogP contribution is 2.06. The second kappa shape index (κ2) is 12.9. The van der Waals surface area contributed by atoms with Gasteiger partial charge in [-0.05, 0) is 34.1 Å². The van der Waals surface area contributed by atoms with Gasteiger partial charge in [-0.3, -0.25) is 4.99 Å². The molecule has 0 aromatic carbocycles. The van der Waals surface area contributed by atoms with Crippen molar-refractivity contribution in [3.05, 3.63) is 0 Å². The molecule has 0 saturated heterocycles. The lowest BCUT2D eigenvalue weighted by molar-refractivity contribution is 0.0310. The summed E-state index contributed by atoms with van der Waals surface area (Å²) in [5, 5.41) is 6.49. The van der Waals surface area contributed by atoms with Crippen molar-refractivity contribution in [3.8, 4) is 0 Å². The maximum absolute atomic E-state index is 5.34. The van der Waals surface area contributed by atoms with Crippen LogP contribution in [0.5, 0.6) is 0 Å². The SMILES string of the molecule is CCNC(=NCC(C)(C)OC)NCCCOCC.I. The Kier molecular flexibility index (Phi) is 14.4. The van der Waals surface area contributed by atoms with Crippen molar-refractivity contribution in [3.63, 3.8) is 0 Å². The van der Waals surface area contributed by atoms with Crippen LogP contribution in [0.1, 0.15) is 34.1 Å². The van der Waals surface area contributed by atoms with Gasteiger partial charge >= 0.3 is 0 Å². The summed E-state index contributed by atoms with van der Waals surface area (Å²) in [6.07, 6.45) is 0.978. The van der Waals surface area contributed by atoms with Crippen LogP contribution in [0.3, 0.4) is 0 Å². The molecule has 6 heteroatoms. The molecule has 0 fully saturated rings. The van der Waals surface area contributed by atoms with Gasteiger partial charge in [0.15, 0.2) is 5.96 Å². The third-order valence-electron chi connectivity index (χ3n) is 2.48. The Labute approximate surface area is 134 Å². The van der Waals surface area contributed by atoms with Gasteiger partial charge in [-0.15, -0.1) is 24.0 Å². The first-order chi connectivity index (χ1) is 8.55. The molecule has 0 saturated carbocycles. The van der Waals surface area contributed by atoms with Crippen LogP contribution in [-0.2, 0) is 9.47 Å². The van der Waals surface area contributed by atoms with Gasteiger partial charge in [-0.1, -0.05) is 0 Å². The van der Waals surface area contributed by atoms with Crippen LogP contribution in [0.2, 0.25) is 0 Å². The van der Waals surface area contributed by atoms with E-state index in [0.29, 0.717) is 6.54 Å². The zero-order valence-corrected chi connectivity index (χ0v) is 15.2. The van der Waals surface area contributed by atoms with Gasteiger partial charge in [-0.25, -0.2) is 0 Å². The van der Waals surface area contributed by atoms with Crippen molar-refractivity contribution < 1.29 is 9.47 Å². The minimum Gasteiger partial charge on any atom is -0.382 e. The molecule has 0 bridgehead atoms. The van der Waals surface area contributed by atoms with Gasteiger partial charge in [0.2, 0.25) is 0 Å². The second-order valence-corrected chi connectivity index (χ2v) is 4.64. The smallest absolute Gasteiger partial charge is 0.191 e. The van der Waals surface area contributed by atoms with E-state index < -0.39 is 0 Å². The number of nitrogens with one attached hydrogen (secondary N) is 2. The van der Waals surface area contributed by atoms with E-state index in [2.05, 4.69) is 22.5 Å². The van der Waals surface area contributed by atoms with Crippen LogP contribution in [0, 0.1) is 0 Å².